The molecule has 0 radical (unpaired) electrons. The minimum absolute atomic E-state index is 0.00929. The predicted molar refractivity (Wildman–Crippen MR) is 83.3 cm³/mol. The van der Waals surface area contributed by atoms with Gasteiger partial charge in [-0.2, -0.15) is 0 Å². The van der Waals surface area contributed by atoms with E-state index in [9.17, 15) is 0 Å². The van der Waals surface area contributed by atoms with E-state index in [1.54, 1.807) is 0 Å². The third-order valence-electron chi connectivity index (χ3n) is 2.71. The second-order valence-corrected chi connectivity index (χ2v) is 6.03. The van der Waals surface area contributed by atoms with Gasteiger partial charge in [-0.05, 0) is 62.0 Å². The number of aliphatic hydroxyl groups is 1. The lowest BCUT2D eigenvalue weighted by Gasteiger charge is -2.12. The Kier molecular flexibility index (Phi) is 5.02. The molecule has 2 aromatic rings. The van der Waals surface area contributed by atoms with Crippen molar-refractivity contribution >= 4 is 31.9 Å². The summed E-state index contributed by atoms with van der Waals surface area (Å²) in [5.41, 5.74) is 3.18. The number of hydrogen-bond donors (Lipinski definition) is 1. The molecule has 0 saturated carbocycles. The highest BCUT2D eigenvalue weighted by Crippen LogP contribution is 2.35. The molecule has 0 atom stereocenters. The lowest BCUT2D eigenvalue weighted by atomic mass is 10.1. The second kappa shape index (κ2) is 6.55. The number of aliphatic hydroxyl groups excluding tert-OH is 1. The van der Waals surface area contributed by atoms with Gasteiger partial charge in [0.2, 0.25) is 0 Å². The van der Waals surface area contributed by atoms with Crippen LogP contribution in [-0.2, 0) is 13.2 Å². The SMILES string of the molecule is Cc1cccc(COc2c(Br)cc(CO)cc2Br)c1. The Morgan fingerprint density at radius 3 is 2.32 bits per heavy atom. The minimum atomic E-state index is 0.00929. The normalized spacial score (nSPS) is 10.5. The summed E-state index contributed by atoms with van der Waals surface area (Å²) in [6.45, 7) is 2.58. The van der Waals surface area contributed by atoms with Crippen molar-refractivity contribution in [3.8, 4) is 5.75 Å². The molecule has 0 fully saturated rings. The van der Waals surface area contributed by atoms with Crippen LogP contribution >= 0.6 is 31.9 Å². The first-order valence-electron chi connectivity index (χ1n) is 5.87. The summed E-state index contributed by atoms with van der Waals surface area (Å²) >= 11 is 6.92. The summed E-state index contributed by atoms with van der Waals surface area (Å²) in [4.78, 5) is 0. The van der Waals surface area contributed by atoms with Gasteiger partial charge in [0.05, 0.1) is 15.6 Å². The van der Waals surface area contributed by atoms with Crippen LogP contribution in [-0.4, -0.2) is 5.11 Å². The Labute approximate surface area is 129 Å². The molecule has 0 unspecified atom stereocenters. The van der Waals surface area contributed by atoms with E-state index in [0.29, 0.717) is 6.61 Å². The fourth-order valence-corrected chi connectivity index (χ4v) is 3.31. The quantitative estimate of drug-likeness (QED) is 0.833. The van der Waals surface area contributed by atoms with E-state index in [1.165, 1.54) is 5.56 Å². The lowest BCUT2D eigenvalue weighted by molar-refractivity contribution is 0.280. The molecule has 100 valence electrons. The minimum Gasteiger partial charge on any atom is -0.487 e. The molecule has 2 aromatic carbocycles. The van der Waals surface area contributed by atoms with E-state index >= 15 is 0 Å². The van der Waals surface area contributed by atoms with Gasteiger partial charge >= 0.3 is 0 Å². The van der Waals surface area contributed by atoms with E-state index in [2.05, 4.69) is 50.9 Å². The smallest absolute Gasteiger partial charge is 0.148 e. The van der Waals surface area contributed by atoms with E-state index in [-0.39, 0.29) is 6.61 Å². The van der Waals surface area contributed by atoms with Gasteiger partial charge in [-0.15, -0.1) is 0 Å². The Hall–Kier alpha value is -0.840. The second-order valence-electron chi connectivity index (χ2n) is 4.32. The first-order valence-corrected chi connectivity index (χ1v) is 7.46. The predicted octanol–water partition coefficient (Wildman–Crippen LogP) is 4.59. The first kappa shape index (κ1) is 14.6. The van der Waals surface area contributed by atoms with Crippen molar-refractivity contribution < 1.29 is 9.84 Å². The molecule has 0 amide bonds. The van der Waals surface area contributed by atoms with Gasteiger partial charge in [0.15, 0.2) is 0 Å². The molecule has 1 N–H and O–H groups in total. The van der Waals surface area contributed by atoms with Crippen molar-refractivity contribution in [2.24, 2.45) is 0 Å². The van der Waals surface area contributed by atoms with Crippen LogP contribution in [0.2, 0.25) is 0 Å². The molecule has 4 heteroatoms. The number of hydrogen-bond acceptors (Lipinski definition) is 2. The molecule has 19 heavy (non-hydrogen) atoms. The van der Waals surface area contributed by atoms with Crippen LogP contribution in [0.3, 0.4) is 0 Å². The Bertz CT molecular complexity index is 559. The van der Waals surface area contributed by atoms with E-state index in [0.717, 1.165) is 25.8 Å². The molecule has 0 aliphatic heterocycles. The first-order chi connectivity index (χ1) is 9.10. The van der Waals surface area contributed by atoms with Gasteiger partial charge in [0.25, 0.3) is 0 Å². The number of aryl methyl sites for hydroxylation is 1. The molecule has 0 spiro atoms. The van der Waals surface area contributed by atoms with Crippen molar-refractivity contribution in [3.05, 3.63) is 62.0 Å². The number of halogens is 2. The number of benzene rings is 2. The van der Waals surface area contributed by atoms with Crippen molar-refractivity contribution in [1.82, 2.24) is 0 Å². The standard InChI is InChI=1S/C15H14Br2O2/c1-10-3-2-4-11(5-10)9-19-15-13(16)6-12(8-18)7-14(15)17/h2-7,18H,8-9H2,1H3. The maximum atomic E-state index is 9.13. The highest BCUT2D eigenvalue weighted by Gasteiger charge is 2.09. The molecule has 0 saturated heterocycles. The molecular weight excluding hydrogens is 372 g/mol. The fourth-order valence-electron chi connectivity index (χ4n) is 1.80. The summed E-state index contributed by atoms with van der Waals surface area (Å²) in [6.07, 6.45) is 0. The summed E-state index contributed by atoms with van der Waals surface area (Å²) in [6, 6.07) is 11.9. The van der Waals surface area contributed by atoms with Crippen LogP contribution in [0.4, 0.5) is 0 Å². The van der Waals surface area contributed by atoms with Crippen LogP contribution in [0.5, 0.6) is 5.75 Å². The zero-order chi connectivity index (χ0) is 13.8. The lowest BCUT2D eigenvalue weighted by Crippen LogP contribution is -1.98. The van der Waals surface area contributed by atoms with Gasteiger partial charge in [0.1, 0.15) is 12.4 Å². The van der Waals surface area contributed by atoms with Crippen LogP contribution < -0.4 is 4.74 Å². The fraction of sp³-hybridized carbons (Fsp3) is 0.200. The number of ether oxygens (including phenoxy) is 1. The monoisotopic (exact) mass is 384 g/mol. The van der Waals surface area contributed by atoms with Gasteiger partial charge in [-0.3, -0.25) is 0 Å². The molecular formula is C15H14Br2O2. The largest absolute Gasteiger partial charge is 0.487 e. The highest BCUT2D eigenvalue weighted by molar-refractivity contribution is 9.11. The zero-order valence-electron chi connectivity index (χ0n) is 10.5. The summed E-state index contributed by atoms with van der Waals surface area (Å²) < 4.78 is 7.50. The zero-order valence-corrected chi connectivity index (χ0v) is 13.7. The Morgan fingerprint density at radius 1 is 1.05 bits per heavy atom. The molecule has 0 aromatic heterocycles. The summed E-state index contributed by atoms with van der Waals surface area (Å²) in [5, 5.41) is 9.13. The molecule has 2 nitrogen and oxygen atoms in total. The van der Waals surface area contributed by atoms with E-state index in [4.69, 9.17) is 9.84 Å². The molecule has 2 rings (SSSR count). The third kappa shape index (κ3) is 3.81. The van der Waals surface area contributed by atoms with E-state index < -0.39 is 0 Å². The topological polar surface area (TPSA) is 29.5 Å². The summed E-state index contributed by atoms with van der Waals surface area (Å²) in [7, 11) is 0. The molecule has 0 bridgehead atoms. The third-order valence-corrected chi connectivity index (χ3v) is 3.88. The van der Waals surface area contributed by atoms with Crippen LogP contribution in [0, 0.1) is 6.92 Å². The molecule has 0 aliphatic rings. The van der Waals surface area contributed by atoms with Crippen LogP contribution in [0.25, 0.3) is 0 Å². The van der Waals surface area contributed by atoms with Crippen molar-refractivity contribution in [2.45, 2.75) is 20.1 Å². The van der Waals surface area contributed by atoms with Crippen molar-refractivity contribution in [2.75, 3.05) is 0 Å². The van der Waals surface area contributed by atoms with Crippen LogP contribution in [0.15, 0.2) is 45.3 Å². The van der Waals surface area contributed by atoms with Crippen molar-refractivity contribution in [1.29, 1.82) is 0 Å². The van der Waals surface area contributed by atoms with Crippen LogP contribution in [0.1, 0.15) is 16.7 Å². The highest BCUT2D eigenvalue weighted by atomic mass is 79.9. The van der Waals surface area contributed by atoms with Crippen molar-refractivity contribution in [3.63, 3.8) is 0 Å². The average Bonchev–Trinajstić information content (AvgIpc) is 2.37. The van der Waals surface area contributed by atoms with Gasteiger partial charge < -0.3 is 9.84 Å². The maximum absolute atomic E-state index is 9.13. The molecule has 0 aliphatic carbocycles. The van der Waals surface area contributed by atoms with Gasteiger partial charge in [-0.1, -0.05) is 29.8 Å². The maximum Gasteiger partial charge on any atom is 0.148 e. The number of rotatable bonds is 4. The van der Waals surface area contributed by atoms with Gasteiger partial charge in [-0.25, -0.2) is 0 Å². The molecule has 0 heterocycles. The van der Waals surface area contributed by atoms with Gasteiger partial charge in [0, 0.05) is 0 Å². The summed E-state index contributed by atoms with van der Waals surface area (Å²) in [5.74, 6) is 0.749. The van der Waals surface area contributed by atoms with E-state index in [1.807, 2.05) is 24.3 Å². The average molecular weight is 386 g/mol. The Balaban J connectivity index is 2.16. The Morgan fingerprint density at radius 2 is 1.74 bits per heavy atom.